The van der Waals surface area contributed by atoms with Crippen molar-refractivity contribution in [1.29, 1.82) is 0 Å². The molecule has 0 spiro atoms. The lowest BCUT2D eigenvalue weighted by Gasteiger charge is -2.06. The van der Waals surface area contributed by atoms with Crippen molar-refractivity contribution in [2.24, 2.45) is 11.5 Å². The van der Waals surface area contributed by atoms with E-state index in [0.29, 0.717) is 10.6 Å². The molecule has 0 aromatic heterocycles. The Morgan fingerprint density at radius 3 is 2.67 bits per heavy atom. The minimum Gasteiger partial charge on any atom is -0.368 e. The van der Waals surface area contributed by atoms with Crippen LogP contribution in [0.1, 0.15) is 11.6 Å². The number of amides is 1. The van der Waals surface area contributed by atoms with Gasteiger partial charge in [0.1, 0.15) is 6.04 Å². The fourth-order valence-corrected chi connectivity index (χ4v) is 1.06. The van der Waals surface area contributed by atoms with Crippen LogP contribution in [0.15, 0.2) is 24.3 Å². The number of carbonyl (C=O) groups excluding carboxylic acids is 1. The van der Waals surface area contributed by atoms with Gasteiger partial charge in [-0.25, -0.2) is 0 Å². The second-order valence-electron chi connectivity index (χ2n) is 2.44. The number of hydrogen-bond donors (Lipinski definition) is 2. The zero-order valence-corrected chi connectivity index (χ0v) is 7.08. The number of carbonyl (C=O) groups is 1. The first-order valence-corrected chi connectivity index (χ1v) is 3.79. The minimum absolute atomic E-state index is 0.546. The van der Waals surface area contributed by atoms with E-state index >= 15 is 0 Å². The highest BCUT2D eigenvalue weighted by Crippen LogP contribution is 2.15. The summed E-state index contributed by atoms with van der Waals surface area (Å²) in [6.45, 7) is 0. The molecular weight excluding hydrogens is 176 g/mol. The van der Waals surface area contributed by atoms with Gasteiger partial charge in [-0.1, -0.05) is 23.7 Å². The molecule has 1 rings (SSSR count). The molecule has 0 unspecified atom stereocenters. The van der Waals surface area contributed by atoms with E-state index in [9.17, 15) is 4.79 Å². The van der Waals surface area contributed by atoms with Crippen molar-refractivity contribution in [1.82, 2.24) is 0 Å². The molecule has 0 saturated heterocycles. The standard InChI is InChI=1S/C8H9ClN2O/c9-6-3-1-2-5(4-6)7(10)8(11)12/h1-4,7H,10H2,(H2,11,12)/t7-/m1/s1. The van der Waals surface area contributed by atoms with Crippen LogP contribution in [0.4, 0.5) is 0 Å². The molecule has 64 valence electrons. The summed E-state index contributed by atoms with van der Waals surface area (Å²) in [4.78, 5) is 10.7. The number of benzene rings is 1. The molecule has 4 heteroatoms. The Morgan fingerprint density at radius 2 is 2.17 bits per heavy atom. The zero-order valence-electron chi connectivity index (χ0n) is 6.33. The van der Waals surface area contributed by atoms with Crippen LogP contribution in [0.5, 0.6) is 0 Å². The average Bonchev–Trinajstić information content (AvgIpc) is 2.03. The highest BCUT2D eigenvalue weighted by atomic mass is 35.5. The Morgan fingerprint density at radius 1 is 1.50 bits per heavy atom. The van der Waals surface area contributed by atoms with Crippen molar-refractivity contribution >= 4 is 17.5 Å². The predicted molar refractivity (Wildman–Crippen MR) is 47.6 cm³/mol. The van der Waals surface area contributed by atoms with E-state index in [1.165, 1.54) is 0 Å². The van der Waals surface area contributed by atoms with Crippen molar-refractivity contribution < 1.29 is 4.79 Å². The van der Waals surface area contributed by atoms with Gasteiger partial charge in [-0.05, 0) is 17.7 Å². The van der Waals surface area contributed by atoms with Crippen LogP contribution < -0.4 is 11.5 Å². The lowest BCUT2D eigenvalue weighted by Crippen LogP contribution is -2.28. The van der Waals surface area contributed by atoms with Crippen LogP contribution in [0, 0.1) is 0 Å². The van der Waals surface area contributed by atoms with Crippen molar-refractivity contribution in [2.75, 3.05) is 0 Å². The molecule has 1 aromatic rings. The van der Waals surface area contributed by atoms with Gasteiger partial charge in [0.05, 0.1) is 0 Å². The molecule has 3 nitrogen and oxygen atoms in total. The lowest BCUT2D eigenvalue weighted by molar-refractivity contribution is -0.119. The van der Waals surface area contributed by atoms with Gasteiger partial charge in [-0.3, -0.25) is 4.79 Å². The SMILES string of the molecule is NC(=O)[C@H](N)c1cccc(Cl)c1. The van der Waals surface area contributed by atoms with Gasteiger partial charge in [0.2, 0.25) is 5.91 Å². The predicted octanol–water partition coefficient (Wildman–Crippen LogP) is 0.825. The molecule has 1 aromatic carbocycles. The lowest BCUT2D eigenvalue weighted by atomic mass is 10.1. The summed E-state index contributed by atoms with van der Waals surface area (Å²) in [6, 6.07) is 5.99. The number of hydrogen-bond acceptors (Lipinski definition) is 2. The molecule has 1 atom stereocenters. The van der Waals surface area contributed by atoms with Crippen LogP contribution in [-0.4, -0.2) is 5.91 Å². The van der Waals surface area contributed by atoms with E-state index in [4.69, 9.17) is 23.1 Å². The maximum absolute atomic E-state index is 10.7. The van der Waals surface area contributed by atoms with Gasteiger partial charge in [0.15, 0.2) is 0 Å². The molecule has 4 N–H and O–H groups in total. The van der Waals surface area contributed by atoms with E-state index in [1.807, 2.05) is 0 Å². The summed E-state index contributed by atoms with van der Waals surface area (Å²) in [6.07, 6.45) is 0. The van der Waals surface area contributed by atoms with Crippen LogP contribution in [0.25, 0.3) is 0 Å². The maximum Gasteiger partial charge on any atom is 0.238 e. The molecule has 0 radical (unpaired) electrons. The fraction of sp³-hybridized carbons (Fsp3) is 0.125. The van der Waals surface area contributed by atoms with Crippen LogP contribution in [-0.2, 0) is 4.79 Å². The normalized spacial score (nSPS) is 12.5. The molecule has 1 amide bonds. The first-order chi connectivity index (χ1) is 5.61. The molecule has 0 saturated carbocycles. The number of nitrogens with two attached hydrogens (primary N) is 2. The van der Waals surface area contributed by atoms with E-state index in [-0.39, 0.29) is 0 Å². The molecule has 0 heterocycles. The maximum atomic E-state index is 10.7. The summed E-state index contributed by atoms with van der Waals surface area (Å²) in [5, 5.41) is 0.546. The largest absolute Gasteiger partial charge is 0.368 e. The van der Waals surface area contributed by atoms with Crippen molar-refractivity contribution in [3.63, 3.8) is 0 Å². The first-order valence-electron chi connectivity index (χ1n) is 3.41. The number of primary amides is 1. The molecule has 0 bridgehead atoms. The Balaban J connectivity index is 2.95. The highest BCUT2D eigenvalue weighted by molar-refractivity contribution is 6.30. The number of rotatable bonds is 2. The molecular formula is C8H9ClN2O. The average molecular weight is 185 g/mol. The molecule has 0 aliphatic carbocycles. The van der Waals surface area contributed by atoms with Crippen LogP contribution >= 0.6 is 11.6 Å². The molecule has 12 heavy (non-hydrogen) atoms. The van der Waals surface area contributed by atoms with E-state index < -0.39 is 11.9 Å². The van der Waals surface area contributed by atoms with Gasteiger partial charge in [-0.15, -0.1) is 0 Å². The Bertz CT molecular complexity index is 301. The summed E-state index contributed by atoms with van der Waals surface area (Å²) in [5.41, 5.74) is 11.1. The second kappa shape index (κ2) is 3.56. The number of halogens is 1. The third-order valence-corrected chi connectivity index (χ3v) is 1.75. The first kappa shape index (κ1) is 9.03. The summed E-state index contributed by atoms with van der Waals surface area (Å²) in [7, 11) is 0. The fourth-order valence-electron chi connectivity index (χ4n) is 0.864. The van der Waals surface area contributed by atoms with Gasteiger partial charge in [-0.2, -0.15) is 0 Å². The van der Waals surface area contributed by atoms with Crippen molar-refractivity contribution in [2.45, 2.75) is 6.04 Å². The molecule has 0 aliphatic heterocycles. The Kier molecular flexibility index (Phi) is 2.68. The third-order valence-electron chi connectivity index (χ3n) is 1.51. The summed E-state index contributed by atoms with van der Waals surface area (Å²) < 4.78 is 0. The van der Waals surface area contributed by atoms with Crippen molar-refractivity contribution in [3.05, 3.63) is 34.9 Å². The van der Waals surface area contributed by atoms with Gasteiger partial charge < -0.3 is 11.5 Å². The van der Waals surface area contributed by atoms with Gasteiger partial charge in [0, 0.05) is 5.02 Å². The van der Waals surface area contributed by atoms with E-state index in [1.54, 1.807) is 24.3 Å². The highest BCUT2D eigenvalue weighted by Gasteiger charge is 2.11. The Hall–Kier alpha value is -1.06. The minimum atomic E-state index is -0.774. The quantitative estimate of drug-likeness (QED) is 0.715. The van der Waals surface area contributed by atoms with Crippen molar-refractivity contribution in [3.8, 4) is 0 Å². The Labute approximate surface area is 75.3 Å². The zero-order chi connectivity index (χ0) is 9.14. The monoisotopic (exact) mass is 184 g/mol. The van der Waals surface area contributed by atoms with Crippen LogP contribution in [0.3, 0.4) is 0 Å². The van der Waals surface area contributed by atoms with E-state index in [2.05, 4.69) is 0 Å². The second-order valence-corrected chi connectivity index (χ2v) is 2.87. The van der Waals surface area contributed by atoms with E-state index in [0.717, 1.165) is 0 Å². The summed E-state index contributed by atoms with van der Waals surface area (Å²) >= 11 is 5.69. The summed E-state index contributed by atoms with van der Waals surface area (Å²) in [5.74, 6) is -0.558. The van der Waals surface area contributed by atoms with Crippen LogP contribution in [0.2, 0.25) is 5.02 Å². The molecule has 0 aliphatic rings. The van der Waals surface area contributed by atoms with Gasteiger partial charge >= 0.3 is 0 Å². The smallest absolute Gasteiger partial charge is 0.238 e. The topological polar surface area (TPSA) is 69.1 Å². The molecule has 0 fully saturated rings. The van der Waals surface area contributed by atoms with Gasteiger partial charge in [0.25, 0.3) is 0 Å². The third kappa shape index (κ3) is 1.96.